The average molecular weight is 494 g/mol. The van der Waals surface area contributed by atoms with Crippen LogP contribution in [0.4, 0.5) is 0 Å². The largest absolute Gasteiger partial charge is 0.493 e. The van der Waals surface area contributed by atoms with Crippen LogP contribution >= 0.6 is 27.7 Å². The second kappa shape index (κ2) is 12.2. The van der Waals surface area contributed by atoms with Crippen LogP contribution in [-0.4, -0.2) is 37.2 Å². The number of hydrogen-bond acceptors (Lipinski definition) is 7. The van der Waals surface area contributed by atoms with Crippen LogP contribution in [0.15, 0.2) is 57.1 Å². The number of nitrogens with zero attached hydrogens (tertiary/aromatic N) is 2. The molecule has 30 heavy (non-hydrogen) atoms. The lowest BCUT2D eigenvalue weighted by atomic mass is 10.2. The van der Waals surface area contributed by atoms with Crippen LogP contribution in [0.5, 0.6) is 11.5 Å². The molecule has 0 amide bonds. The van der Waals surface area contributed by atoms with Crippen molar-refractivity contribution in [3.05, 3.63) is 58.1 Å². The number of benzene rings is 2. The zero-order valence-electron chi connectivity index (χ0n) is 17.0. The van der Waals surface area contributed by atoms with Crippen molar-refractivity contribution in [1.29, 1.82) is 0 Å². The van der Waals surface area contributed by atoms with Gasteiger partial charge in [0.2, 0.25) is 0 Å². The highest BCUT2D eigenvalue weighted by atomic mass is 79.9. The fourth-order valence-corrected chi connectivity index (χ4v) is 3.34. The number of carbonyl (C=O) groups is 1. The second-order valence-corrected chi connectivity index (χ2v) is 7.84. The first-order chi connectivity index (χ1) is 14.4. The molecule has 0 bridgehead atoms. The Balaban J connectivity index is 2.05. The van der Waals surface area contributed by atoms with Crippen molar-refractivity contribution < 1.29 is 19.0 Å². The Hall–Kier alpha value is -2.52. The molecule has 2 aromatic rings. The van der Waals surface area contributed by atoms with E-state index in [1.807, 2.05) is 30.3 Å². The van der Waals surface area contributed by atoms with Gasteiger partial charge >= 0.3 is 5.97 Å². The SMILES string of the molecule is CCOC(=O)C(C)Oc1cc(Br)c(C=NN=C(N)SCc2ccccc2)cc1OC. The normalized spacial score (nSPS) is 12.6. The first kappa shape index (κ1) is 23.8. The number of nitrogens with two attached hydrogens (primary N) is 1. The van der Waals surface area contributed by atoms with E-state index >= 15 is 0 Å². The summed E-state index contributed by atoms with van der Waals surface area (Å²) in [5.41, 5.74) is 7.78. The Morgan fingerprint density at radius 3 is 2.67 bits per heavy atom. The lowest BCUT2D eigenvalue weighted by Gasteiger charge is -2.16. The molecule has 0 fully saturated rings. The number of ether oxygens (including phenoxy) is 3. The molecule has 9 heteroatoms. The highest BCUT2D eigenvalue weighted by Crippen LogP contribution is 2.33. The average Bonchev–Trinajstić information content (AvgIpc) is 2.74. The van der Waals surface area contributed by atoms with E-state index in [2.05, 4.69) is 26.1 Å². The lowest BCUT2D eigenvalue weighted by molar-refractivity contribution is -0.150. The molecule has 0 saturated heterocycles. The smallest absolute Gasteiger partial charge is 0.347 e. The number of esters is 1. The quantitative estimate of drug-likeness (QED) is 0.241. The van der Waals surface area contributed by atoms with Crippen LogP contribution in [-0.2, 0) is 15.3 Å². The first-order valence-corrected chi connectivity index (χ1v) is 11.0. The van der Waals surface area contributed by atoms with Gasteiger partial charge in [-0.1, -0.05) is 42.1 Å². The molecule has 0 aliphatic carbocycles. The summed E-state index contributed by atoms with van der Waals surface area (Å²) in [6.07, 6.45) is 0.789. The summed E-state index contributed by atoms with van der Waals surface area (Å²) in [7, 11) is 1.52. The monoisotopic (exact) mass is 493 g/mol. The van der Waals surface area contributed by atoms with E-state index in [1.54, 1.807) is 32.2 Å². The topological polar surface area (TPSA) is 95.5 Å². The number of rotatable bonds is 9. The van der Waals surface area contributed by atoms with Gasteiger partial charge in [-0.3, -0.25) is 0 Å². The van der Waals surface area contributed by atoms with Gasteiger partial charge in [-0.25, -0.2) is 4.79 Å². The maximum atomic E-state index is 11.8. The van der Waals surface area contributed by atoms with Crippen LogP contribution in [0.2, 0.25) is 0 Å². The van der Waals surface area contributed by atoms with E-state index in [0.717, 1.165) is 5.56 Å². The Kier molecular flexibility index (Phi) is 9.69. The molecule has 0 saturated carbocycles. The fraction of sp³-hybridized carbons (Fsp3) is 0.286. The molecular weight excluding hydrogens is 470 g/mol. The van der Waals surface area contributed by atoms with E-state index in [1.165, 1.54) is 18.9 Å². The predicted octanol–water partition coefficient (Wildman–Crippen LogP) is 4.37. The Morgan fingerprint density at radius 1 is 1.27 bits per heavy atom. The zero-order chi connectivity index (χ0) is 21.9. The van der Waals surface area contributed by atoms with Crippen molar-refractivity contribution in [2.75, 3.05) is 13.7 Å². The number of halogens is 1. The van der Waals surface area contributed by atoms with Crippen molar-refractivity contribution in [3.63, 3.8) is 0 Å². The third-order valence-electron chi connectivity index (χ3n) is 3.79. The Morgan fingerprint density at radius 2 is 2.00 bits per heavy atom. The minimum Gasteiger partial charge on any atom is -0.493 e. The molecule has 1 atom stereocenters. The molecule has 2 rings (SSSR count). The maximum absolute atomic E-state index is 11.8. The standard InChI is InChI=1S/C21H24BrN3O4S/c1-4-28-20(26)14(2)29-19-11-17(22)16(10-18(19)27-3)12-24-25-21(23)30-13-15-8-6-5-7-9-15/h5-12,14H,4,13H2,1-3H3,(H2,23,25). The van der Waals surface area contributed by atoms with Crippen LogP contribution in [0.25, 0.3) is 0 Å². The Bertz CT molecular complexity index is 907. The molecule has 0 radical (unpaired) electrons. The summed E-state index contributed by atoms with van der Waals surface area (Å²) in [6.45, 7) is 3.65. The molecule has 0 spiro atoms. The second-order valence-electron chi connectivity index (χ2n) is 5.99. The molecule has 0 heterocycles. The number of carbonyl (C=O) groups excluding carboxylic acids is 1. The van der Waals surface area contributed by atoms with Gasteiger partial charge in [0, 0.05) is 15.8 Å². The molecule has 2 aromatic carbocycles. The van der Waals surface area contributed by atoms with Crippen molar-refractivity contribution in [2.45, 2.75) is 25.7 Å². The number of methoxy groups -OCH3 is 1. The van der Waals surface area contributed by atoms with E-state index in [4.69, 9.17) is 19.9 Å². The highest BCUT2D eigenvalue weighted by Gasteiger charge is 2.19. The van der Waals surface area contributed by atoms with Crippen LogP contribution in [0, 0.1) is 0 Å². The fourth-order valence-electron chi connectivity index (χ4n) is 2.31. The number of thioether (sulfide) groups is 1. The molecular formula is C21H24BrN3O4S. The van der Waals surface area contributed by atoms with Crippen LogP contribution in [0.3, 0.4) is 0 Å². The molecule has 1 unspecified atom stereocenters. The highest BCUT2D eigenvalue weighted by molar-refractivity contribution is 9.10. The summed E-state index contributed by atoms with van der Waals surface area (Å²) < 4.78 is 16.7. The molecule has 2 N–H and O–H groups in total. The lowest BCUT2D eigenvalue weighted by Crippen LogP contribution is -2.26. The first-order valence-electron chi connectivity index (χ1n) is 9.18. The summed E-state index contributed by atoms with van der Waals surface area (Å²) >= 11 is 4.88. The number of hydrogen-bond donors (Lipinski definition) is 1. The van der Waals surface area contributed by atoms with E-state index in [9.17, 15) is 4.79 Å². The molecule has 7 nitrogen and oxygen atoms in total. The van der Waals surface area contributed by atoms with Crippen LogP contribution < -0.4 is 15.2 Å². The predicted molar refractivity (Wildman–Crippen MR) is 124 cm³/mol. The van der Waals surface area contributed by atoms with Crippen LogP contribution in [0.1, 0.15) is 25.0 Å². The van der Waals surface area contributed by atoms with Crippen molar-refractivity contribution in [3.8, 4) is 11.5 Å². The van der Waals surface area contributed by atoms with Gasteiger partial charge in [-0.2, -0.15) is 5.10 Å². The molecule has 0 aliphatic heterocycles. The summed E-state index contributed by atoms with van der Waals surface area (Å²) in [5, 5.41) is 8.43. The van der Waals surface area contributed by atoms with Crippen molar-refractivity contribution >= 4 is 45.0 Å². The van der Waals surface area contributed by atoms with Crippen molar-refractivity contribution in [1.82, 2.24) is 0 Å². The van der Waals surface area contributed by atoms with Gasteiger partial charge in [0.25, 0.3) is 0 Å². The van der Waals surface area contributed by atoms with Gasteiger partial charge in [-0.15, -0.1) is 5.10 Å². The summed E-state index contributed by atoms with van der Waals surface area (Å²) in [6, 6.07) is 13.4. The third-order valence-corrected chi connectivity index (χ3v) is 5.33. The van der Waals surface area contributed by atoms with Gasteiger partial charge < -0.3 is 19.9 Å². The molecule has 160 valence electrons. The van der Waals surface area contributed by atoms with E-state index in [0.29, 0.717) is 32.5 Å². The maximum Gasteiger partial charge on any atom is 0.347 e. The minimum absolute atomic E-state index is 0.288. The van der Waals surface area contributed by atoms with Gasteiger partial charge in [0.05, 0.1) is 19.9 Å². The third kappa shape index (κ3) is 7.38. The Labute approximate surface area is 188 Å². The van der Waals surface area contributed by atoms with Crippen molar-refractivity contribution in [2.24, 2.45) is 15.9 Å². The molecule has 0 aromatic heterocycles. The number of amidine groups is 1. The van der Waals surface area contributed by atoms with E-state index in [-0.39, 0.29) is 6.61 Å². The van der Waals surface area contributed by atoms with Gasteiger partial charge in [0.1, 0.15) is 0 Å². The minimum atomic E-state index is -0.767. The van der Waals surface area contributed by atoms with E-state index < -0.39 is 12.1 Å². The van der Waals surface area contributed by atoms with Gasteiger partial charge in [0.15, 0.2) is 22.8 Å². The summed E-state index contributed by atoms with van der Waals surface area (Å²) in [4.78, 5) is 11.8. The summed E-state index contributed by atoms with van der Waals surface area (Å²) in [5.74, 6) is 1.13. The zero-order valence-corrected chi connectivity index (χ0v) is 19.4. The molecule has 0 aliphatic rings. The van der Waals surface area contributed by atoms with Gasteiger partial charge in [-0.05, 0) is 47.5 Å².